The first kappa shape index (κ1) is 12.7. The van der Waals surface area contributed by atoms with Gasteiger partial charge in [-0.3, -0.25) is 4.79 Å². The first-order valence-electron chi connectivity index (χ1n) is 6.67. The van der Waals surface area contributed by atoms with E-state index in [9.17, 15) is 4.79 Å². The van der Waals surface area contributed by atoms with Gasteiger partial charge >= 0.3 is 0 Å². The number of nitrogens with zero attached hydrogens (tertiary/aromatic N) is 3. The summed E-state index contributed by atoms with van der Waals surface area (Å²) in [5.74, 6) is -0.0476. The number of rotatable bonds is 4. The van der Waals surface area contributed by atoms with E-state index >= 15 is 0 Å². The van der Waals surface area contributed by atoms with Crippen LogP contribution in [0.15, 0.2) is 43.0 Å². The number of hydrogen-bond acceptors (Lipinski definition) is 4. The van der Waals surface area contributed by atoms with E-state index < -0.39 is 0 Å². The number of amides is 1. The highest BCUT2D eigenvalue weighted by molar-refractivity contribution is 6.06. The lowest BCUT2D eigenvalue weighted by Gasteiger charge is -2.22. The normalized spacial score (nSPS) is 14.1. The summed E-state index contributed by atoms with van der Waals surface area (Å²) in [6, 6.07) is 8.09. The summed E-state index contributed by atoms with van der Waals surface area (Å²) in [6.45, 7) is 0.504. The minimum Gasteiger partial charge on any atom is -0.326 e. The molecule has 0 spiro atoms. The summed E-state index contributed by atoms with van der Waals surface area (Å²) >= 11 is 0. The predicted molar refractivity (Wildman–Crippen MR) is 76.2 cm³/mol. The van der Waals surface area contributed by atoms with Crippen molar-refractivity contribution in [3.8, 4) is 0 Å². The third kappa shape index (κ3) is 2.53. The van der Waals surface area contributed by atoms with Crippen molar-refractivity contribution >= 4 is 11.6 Å². The number of anilines is 1. The second-order valence-corrected chi connectivity index (χ2v) is 4.90. The summed E-state index contributed by atoms with van der Waals surface area (Å²) in [5, 5.41) is 0. The fraction of sp³-hybridized carbons (Fsp3) is 0.267. The maximum Gasteiger partial charge on any atom is 0.261 e. The van der Waals surface area contributed by atoms with Crippen molar-refractivity contribution in [2.45, 2.75) is 25.4 Å². The molecule has 0 unspecified atom stereocenters. The van der Waals surface area contributed by atoms with Crippen molar-refractivity contribution in [3.63, 3.8) is 0 Å². The minimum atomic E-state index is -0.0476. The maximum atomic E-state index is 12.6. The largest absolute Gasteiger partial charge is 0.326 e. The van der Waals surface area contributed by atoms with E-state index in [0.717, 1.165) is 24.1 Å². The van der Waals surface area contributed by atoms with Crippen LogP contribution >= 0.6 is 0 Å². The highest BCUT2D eigenvalue weighted by atomic mass is 16.2. The van der Waals surface area contributed by atoms with Gasteiger partial charge in [-0.05, 0) is 30.5 Å². The van der Waals surface area contributed by atoms with Crippen LogP contribution in [0.1, 0.15) is 28.8 Å². The topological polar surface area (TPSA) is 72.1 Å². The Balaban J connectivity index is 1.90. The summed E-state index contributed by atoms with van der Waals surface area (Å²) in [6.07, 6.45) is 6.61. The average molecular weight is 268 g/mol. The molecule has 1 heterocycles. The van der Waals surface area contributed by atoms with E-state index in [1.54, 1.807) is 12.4 Å². The molecule has 0 saturated heterocycles. The van der Waals surface area contributed by atoms with Crippen LogP contribution in [0.2, 0.25) is 0 Å². The van der Waals surface area contributed by atoms with Crippen LogP contribution in [0.5, 0.6) is 0 Å². The minimum absolute atomic E-state index is 0.0476. The molecule has 1 saturated carbocycles. The Hall–Kier alpha value is -2.27. The zero-order valence-corrected chi connectivity index (χ0v) is 11.1. The number of benzene rings is 1. The molecule has 3 rings (SSSR count). The maximum absolute atomic E-state index is 12.6. The second-order valence-electron chi connectivity index (χ2n) is 4.90. The van der Waals surface area contributed by atoms with Crippen molar-refractivity contribution in [3.05, 3.63) is 54.1 Å². The lowest BCUT2D eigenvalue weighted by molar-refractivity contribution is 0.0984. The molecular formula is C15H16N4O. The Morgan fingerprint density at radius 2 is 1.85 bits per heavy atom. The molecule has 1 aromatic carbocycles. The SMILES string of the molecule is NCc1ccc(N(C(=O)c2cncnc2)C2CC2)cc1. The molecule has 1 aliphatic rings. The Morgan fingerprint density at radius 3 is 2.40 bits per heavy atom. The van der Waals surface area contributed by atoms with Crippen molar-refractivity contribution in [1.29, 1.82) is 0 Å². The van der Waals surface area contributed by atoms with Crippen LogP contribution in [0, 0.1) is 0 Å². The second kappa shape index (κ2) is 5.38. The first-order chi connectivity index (χ1) is 9.79. The number of nitrogens with two attached hydrogens (primary N) is 1. The van der Waals surface area contributed by atoms with Crippen molar-refractivity contribution in [2.75, 3.05) is 4.90 Å². The fourth-order valence-corrected chi connectivity index (χ4v) is 2.17. The smallest absolute Gasteiger partial charge is 0.261 e. The van der Waals surface area contributed by atoms with E-state index in [1.165, 1.54) is 6.33 Å². The van der Waals surface area contributed by atoms with Gasteiger partial charge in [-0.1, -0.05) is 12.1 Å². The van der Waals surface area contributed by atoms with Gasteiger partial charge in [-0.15, -0.1) is 0 Å². The molecule has 0 aliphatic heterocycles. The molecular weight excluding hydrogens is 252 g/mol. The summed E-state index contributed by atoms with van der Waals surface area (Å²) in [5.41, 5.74) is 8.07. The molecule has 1 fully saturated rings. The summed E-state index contributed by atoms with van der Waals surface area (Å²) in [7, 11) is 0. The highest BCUT2D eigenvalue weighted by Crippen LogP contribution is 2.33. The molecule has 2 aromatic rings. The van der Waals surface area contributed by atoms with E-state index in [2.05, 4.69) is 9.97 Å². The Morgan fingerprint density at radius 1 is 1.20 bits per heavy atom. The lowest BCUT2D eigenvalue weighted by atomic mass is 10.1. The van der Waals surface area contributed by atoms with Gasteiger partial charge in [0.25, 0.3) is 5.91 Å². The highest BCUT2D eigenvalue weighted by Gasteiger charge is 2.34. The molecule has 0 radical (unpaired) electrons. The molecule has 0 bridgehead atoms. The number of carbonyl (C=O) groups is 1. The third-order valence-corrected chi connectivity index (χ3v) is 3.39. The van der Waals surface area contributed by atoms with Crippen LogP contribution in [0.3, 0.4) is 0 Å². The molecule has 5 heteroatoms. The van der Waals surface area contributed by atoms with E-state index in [-0.39, 0.29) is 11.9 Å². The van der Waals surface area contributed by atoms with E-state index in [4.69, 9.17) is 5.73 Å². The van der Waals surface area contributed by atoms with Gasteiger partial charge in [0.05, 0.1) is 5.56 Å². The van der Waals surface area contributed by atoms with Gasteiger partial charge in [-0.2, -0.15) is 0 Å². The quantitative estimate of drug-likeness (QED) is 0.916. The van der Waals surface area contributed by atoms with Crippen LogP contribution in [-0.2, 0) is 6.54 Å². The van der Waals surface area contributed by atoms with Crippen LogP contribution in [0.25, 0.3) is 0 Å². The van der Waals surface area contributed by atoms with Gasteiger partial charge in [0.2, 0.25) is 0 Å². The van der Waals surface area contributed by atoms with Gasteiger partial charge < -0.3 is 10.6 Å². The van der Waals surface area contributed by atoms with Gasteiger partial charge in [0, 0.05) is 30.7 Å². The molecule has 1 amide bonds. The molecule has 2 N–H and O–H groups in total. The number of aromatic nitrogens is 2. The molecule has 1 aliphatic carbocycles. The van der Waals surface area contributed by atoms with E-state index in [0.29, 0.717) is 12.1 Å². The van der Waals surface area contributed by atoms with Crippen LogP contribution < -0.4 is 10.6 Å². The van der Waals surface area contributed by atoms with Crippen molar-refractivity contribution in [1.82, 2.24) is 9.97 Å². The van der Waals surface area contributed by atoms with Gasteiger partial charge in [-0.25, -0.2) is 9.97 Å². The Bertz CT molecular complexity index is 593. The summed E-state index contributed by atoms with van der Waals surface area (Å²) < 4.78 is 0. The van der Waals surface area contributed by atoms with E-state index in [1.807, 2.05) is 29.2 Å². The van der Waals surface area contributed by atoms with Gasteiger partial charge in [0.15, 0.2) is 0 Å². The Labute approximate surface area is 117 Å². The molecule has 5 nitrogen and oxygen atoms in total. The van der Waals surface area contributed by atoms with Crippen LogP contribution in [0.4, 0.5) is 5.69 Å². The predicted octanol–water partition coefficient (Wildman–Crippen LogP) is 1.74. The van der Waals surface area contributed by atoms with Crippen molar-refractivity contribution in [2.24, 2.45) is 5.73 Å². The zero-order chi connectivity index (χ0) is 13.9. The molecule has 0 atom stereocenters. The standard InChI is InChI=1S/C15H16N4O/c16-7-11-1-3-13(4-2-11)19(14-5-6-14)15(20)12-8-17-10-18-9-12/h1-4,8-10,14H,5-7,16H2. The molecule has 20 heavy (non-hydrogen) atoms. The third-order valence-electron chi connectivity index (χ3n) is 3.39. The van der Waals surface area contributed by atoms with Crippen LogP contribution in [-0.4, -0.2) is 21.9 Å². The zero-order valence-electron chi connectivity index (χ0n) is 11.1. The molecule has 102 valence electrons. The van der Waals surface area contributed by atoms with Crippen molar-refractivity contribution < 1.29 is 4.79 Å². The number of hydrogen-bond donors (Lipinski definition) is 1. The summed E-state index contributed by atoms with van der Waals surface area (Å²) in [4.78, 5) is 22.3. The number of carbonyl (C=O) groups excluding carboxylic acids is 1. The Kier molecular flexibility index (Phi) is 3.43. The lowest BCUT2D eigenvalue weighted by Crippen LogP contribution is -2.33. The fourth-order valence-electron chi connectivity index (χ4n) is 2.17. The monoisotopic (exact) mass is 268 g/mol. The molecule has 1 aromatic heterocycles. The average Bonchev–Trinajstić information content (AvgIpc) is 3.34. The first-order valence-corrected chi connectivity index (χ1v) is 6.67. The van der Waals surface area contributed by atoms with Gasteiger partial charge in [0.1, 0.15) is 6.33 Å².